The third kappa shape index (κ3) is 6.74. The minimum absolute atomic E-state index is 0.0239. The van der Waals surface area contributed by atoms with Crippen molar-refractivity contribution in [3.8, 4) is 0 Å². The molecule has 3 aromatic rings. The van der Waals surface area contributed by atoms with Gasteiger partial charge in [-0.25, -0.2) is 24.7 Å². The number of nitrogens with zero attached hydrogens (tertiary/aromatic N) is 7. The number of fused-ring (bicyclic) bond motifs is 1. The lowest BCUT2D eigenvalue weighted by molar-refractivity contribution is 0.0448. The zero-order valence-electron chi connectivity index (χ0n) is 24.8. The van der Waals surface area contributed by atoms with Crippen LogP contribution in [0.4, 0.5) is 10.6 Å². The monoisotopic (exact) mass is 580 g/mol. The first-order valence-corrected chi connectivity index (χ1v) is 15.1. The molecule has 1 saturated heterocycles. The van der Waals surface area contributed by atoms with Gasteiger partial charge in [0.15, 0.2) is 5.16 Å². The molecule has 11 nitrogen and oxygen atoms in total. The number of ether oxygens (including phenoxy) is 1. The number of nitrogens with one attached hydrogen (secondary N) is 1. The Bertz CT molecular complexity index is 1400. The van der Waals surface area contributed by atoms with Crippen molar-refractivity contribution >= 4 is 40.6 Å². The second-order valence-corrected chi connectivity index (χ2v) is 13.4. The molecule has 41 heavy (non-hydrogen) atoms. The molecule has 3 aromatic heterocycles. The van der Waals surface area contributed by atoms with Gasteiger partial charge in [-0.1, -0.05) is 12.8 Å². The molecular formula is C29H40N8O3S. The highest BCUT2D eigenvalue weighted by Gasteiger charge is 2.33. The van der Waals surface area contributed by atoms with Crippen LogP contribution in [-0.2, 0) is 4.74 Å². The number of hydrogen-bond donors (Lipinski definition) is 1. The maximum Gasteiger partial charge on any atom is 0.408 e. The van der Waals surface area contributed by atoms with Gasteiger partial charge in [0.1, 0.15) is 27.8 Å². The number of rotatable bonds is 6. The van der Waals surface area contributed by atoms with E-state index in [1.165, 1.54) is 11.8 Å². The van der Waals surface area contributed by atoms with E-state index in [1.54, 1.807) is 37.6 Å². The summed E-state index contributed by atoms with van der Waals surface area (Å²) < 4.78 is 7.56. The number of hydrogen-bond acceptors (Lipinski definition) is 9. The van der Waals surface area contributed by atoms with Gasteiger partial charge in [0, 0.05) is 50.3 Å². The van der Waals surface area contributed by atoms with E-state index in [0.29, 0.717) is 15.9 Å². The largest absolute Gasteiger partial charge is 0.444 e. The second kappa shape index (κ2) is 11.5. The first kappa shape index (κ1) is 29.1. The summed E-state index contributed by atoms with van der Waals surface area (Å²) in [6, 6.07) is 2.18. The fourth-order valence-corrected chi connectivity index (χ4v) is 6.13. The maximum absolute atomic E-state index is 13.0. The molecule has 1 saturated carbocycles. The van der Waals surface area contributed by atoms with E-state index in [4.69, 9.17) is 9.72 Å². The molecule has 0 radical (unpaired) electrons. The van der Waals surface area contributed by atoms with Gasteiger partial charge in [0.2, 0.25) is 0 Å². The van der Waals surface area contributed by atoms with Crippen molar-refractivity contribution < 1.29 is 14.3 Å². The predicted molar refractivity (Wildman–Crippen MR) is 158 cm³/mol. The zero-order valence-corrected chi connectivity index (χ0v) is 25.6. The number of carbonyl (C=O) groups excluding carboxylic acids is 2. The van der Waals surface area contributed by atoms with Gasteiger partial charge < -0.3 is 24.4 Å². The van der Waals surface area contributed by atoms with E-state index in [9.17, 15) is 9.59 Å². The van der Waals surface area contributed by atoms with Gasteiger partial charge >= 0.3 is 6.09 Å². The SMILES string of the molecule is CN(C)C(=O)c1cc2cnc(Sc3cnc(N4CCC(C)(NC(=O)OC(C)(C)C)CC4)cn3)nc2n1C1CCCC1. The summed E-state index contributed by atoms with van der Waals surface area (Å²) in [6.07, 6.45) is 10.9. The Morgan fingerprint density at radius 1 is 1.07 bits per heavy atom. The Morgan fingerprint density at radius 3 is 2.39 bits per heavy atom. The zero-order chi connectivity index (χ0) is 29.4. The Morgan fingerprint density at radius 2 is 1.78 bits per heavy atom. The second-order valence-electron chi connectivity index (χ2n) is 12.5. The highest BCUT2D eigenvalue weighted by molar-refractivity contribution is 7.99. The molecule has 220 valence electrons. The van der Waals surface area contributed by atoms with Gasteiger partial charge in [-0.15, -0.1) is 0 Å². The van der Waals surface area contributed by atoms with Crippen LogP contribution in [0, 0.1) is 0 Å². The smallest absolute Gasteiger partial charge is 0.408 e. The quantitative estimate of drug-likeness (QED) is 0.399. The van der Waals surface area contributed by atoms with E-state index in [2.05, 4.69) is 36.7 Å². The molecule has 1 aliphatic carbocycles. The van der Waals surface area contributed by atoms with Crippen LogP contribution in [0.25, 0.3) is 11.0 Å². The Hall–Kier alpha value is -3.41. The minimum Gasteiger partial charge on any atom is -0.444 e. The van der Waals surface area contributed by atoms with E-state index >= 15 is 0 Å². The number of piperidine rings is 1. The van der Waals surface area contributed by atoms with Crippen molar-refractivity contribution in [2.45, 2.75) is 93.6 Å². The van der Waals surface area contributed by atoms with Crippen molar-refractivity contribution in [2.75, 3.05) is 32.1 Å². The van der Waals surface area contributed by atoms with Crippen LogP contribution in [0.3, 0.4) is 0 Å². The van der Waals surface area contributed by atoms with E-state index in [1.807, 2.05) is 26.8 Å². The van der Waals surface area contributed by atoms with Crippen molar-refractivity contribution in [1.82, 2.24) is 34.7 Å². The van der Waals surface area contributed by atoms with Crippen LogP contribution in [0.1, 0.15) is 82.8 Å². The summed E-state index contributed by atoms with van der Waals surface area (Å²) in [5.41, 5.74) is 0.601. The third-order valence-corrected chi connectivity index (χ3v) is 8.47. The highest BCUT2D eigenvalue weighted by Crippen LogP contribution is 2.35. The van der Waals surface area contributed by atoms with Crippen molar-refractivity contribution in [3.05, 3.63) is 30.4 Å². The first-order valence-electron chi connectivity index (χ1n) is 14.3. The number of alkyl carbamates (subject to hydrolysis) is 1. The van der Waals surface area contributed by atoms with Gasteiger partial charge in [-0.2, -0.15) is 0 Å². The van der Waals surface area contributed by atoms with Crippen LogP contribution in [0.2, 0.25) is 0 Å². The van der Waals surface area contributed by atoms with E-state index in [0.717, 1.165) is 68.5 Å². The molecule has 4 heterocycles. The van der Waals surface area contributed by atoms with Crippen molar-refractivity contribution in [1.29, 1.82) is 0 Å². The van der Waals surface area contributed by atoms with E-state index in [-0.39, 0.29) is 23.6 Å². The van der Waals surface area contributed by atoms with Gasteiger partial charge in [0.25, 0.3) is 5.91 Å². The summed E-state index contributed by atoms with van der Waals surface area (Å²) in [7, 11) is 3.55. The Labute approximate surface area is 245 Å². The molecule has 0 spiro atoms. The summed E-state index contributed by atoms with van der Waals surface area (Å²) in [4.78, 5) is 47.8. The fourth-order valence-electron chi connectivity index (χ4n) is 5.49. The summed E-state index contributed by atoms with van der Waals surface area (Å²) in [5, 5.41) is 5.18. The molecule has 12 heteroatoms. The molecular weight excluding hydrogens is 540 g/mol. The molecule has 0 atom stereocenters. The Kier molecular flexibility index (Phi) is 8.13. The number of amides is 2. The molecule has 1 aliphatic heterocycles. The number of anilines is 1. The molecule has 2 fully saturated rings. The maximum atomic E-state index is 13.0. The topological polar surface area (TPSA) is 118 Å². The van der Waals surface area contributed by atoms with Crippen LogP contribution < -0.4 is 10.2 Å². The fraction of sp³-hybridized carbons (Fsp3) is 0.586. The van der Waals surface area contributed by atoms with Crippen LogP contribution >= 0.6 is 11.8 Å². The highest BCUT2D eigenvalue weighted by atomic mass is 32.2. The van der Waals surface area contributed by atoms with E-state index < -0.39 is 5.60 Å². The predicted octanol–water partition coefficient (Wildman–Crippen LogP) is 5.07. The number of aromatic nitrogens is 5. The van der Waals surface area contributed by atoms with Gasteiger partial charge in [-0.3, -0.25) is 4.79 Å². The molecule has 0 bridgehead atoms. The molecule has 2 aliphatic rings. The van der Waals surface area contributed by atoms with Gasteiger partial charge in [-0.05, 0) is 71.2 Å². The van der Waals surface area contributed by atoms with Crippen molar-refractivity contribution in [2.24, 2.45) is 0 Å². The standard InChI is InChI=1S/C29H40N8O3S/c1-28(2,3)40-27(39)34-29(4)11-13-36(14-12-29)22-17-31-23(18-30-22)41-26-32-16-19-15-21(25(38)35(5)6)37(24(19)33-26)20-9-7-8-10-20/h15-18,20H,7-14H2,1-6H3,(H,34,39). The average Bonchev–Trinajstić information content (AvgIpc) is 3.55. The summed E-state index contributed by atoms with van der Waals surface area (Å²) >= 11 is 1.36. The summed E-state index contributed by atoms with van der Waals surface area (Å²) in [5.74, 6) is 0.774. The van der Waals surface area contributed by atoms with Crippen LogP contribution in [-0.4, -0.2) is 79.7 Å². The molecule has 0 aromatic carbocycles. The normalized spacial score (nSPS) is 17.6. The lowest BCUT2D eigenvalue weighted by Gasteiger charge is -2.40. The Balaban J connectivity index is 1.26. The van der Waals surface area contributed by atoms with Crippen molar-refractivity contribution in [3.63, 3.8) is 0 Å². The van der Waals surface area contributed by atoms with Gasteiger partial charge in [0.05, 0.1) is 12.4 Å². The number of carbonyl (C=O) groups is 2. The average molecular weight is 581 g/mol. The first-order chi connectivity index (χ1) is 19.4. The lowest BCUT2D eigenvalue weighted by atomic mass is 9.90. The lowest BCUT2D eigenvalue weighted by Crippen LogP contribution is -2.54. The molecule has 2 amide bonds. The third-order valence-electron chi connectivity index (χ3n) is 7.67. The molecule has 1 N–H and O–H groups in total. The molecule has 0 unspecified atom stereocenters. The summed E-state index contributed by atoms with van der Waals surface area (Å²) in [6.45, 7) is 9.14. The van der Waals surface area contributed by atoms with Crippen LogP contribution in [0.15, 0.2) is 34.8 Å². The molecule has 5 rings (SSSR count). The van der Waals surface area contributed by atoms with Crippen LogP contribution in [0.5, 0.6) is 0 Å². The minimum atomic E-state index is -0.526.